The van der Waals surface area contributed by atoms with Gasteiger partial charge in [-0.3, -0.25) is 4.79 Å². The van der Waals surface area contributed by atoms with Crippen molar-refractivity contribution in [3.63, 3.8) is 0 Å². The van der Waals surface area contributed by atoms with Gasteiger partial charge < -0.3 is 5.11 Å². The van der Waals surface area contributed by atoms with Crippen molar-refractivity contribution in [3.8, 4) is 5.75 Å². The first-order valence-corrected chi connectivity index (χ1v) is 8.58. The summed E-state index contributed by atoms with van der Waals surface area (Å²) in [6.07, 6.45) is 3.70. The van der Waals surface area contributed by atoms with Crippen molar-refractivity contribution in [2.75, 3.05) is 0 Å². The topological polar surface area (TPSA) is 37.3 Å². The lowest BCUT2D eigenvalue weighted by atomic mass is 9.49. The van der Waals surface area contributed by atoms with Gasteiger partial charge >= 0.3 is 0 Å². The van der Waals surface area contributed by atoms with Gasteiger partial charge in [0.1, 0.15) is 11.5 Å². The van der Waals surface area contributed by atoms with E-state index in [4.69, 9.17) is 0 Å². The molecule has 2 aliphatic carbocycles. The molecule has 0 bridgehead atoms. The van der Waals surface area contributed by atoms with Crippen molar-refractivity contribution >= 4 is 5.78 Å². The second-order valence-corrected chi connectivity index (χ2v) is 8.38. The summed E-state index contributed by atoms with van der Waals surface area (Å²) in [6, 6.07) is 3.82. The highest BCUT2D eigenvalue weighted by molar-refractivity contribution is 5.92. The van der Waals surface area contributed by atoms with E-state index in [0.29, 0.717) is 23.9 Å². The number of hydrogen-bond donors (Lipinski definition) is 1. The fraction of sp³-hybridized carbons (Fsp3) is 0.650. The number of hydrogen-bond acceptors (Lipinski definition) is 2. The summed E-state index contributed by atoms with van der Waals surface area (Å²) in [4.78, 5) is 12.9. The van der Waals surface area contributed by atoms with Gasteiger partial charge in [-0.25, -0.2) is 0 Å². The summed E-state index contributed by atoms with van der Waals surface area (Å²) in [5.41, 5.74) is 3.29. The molecule has 1 aromatic rings. The zero-order valence-electron chi connectivity index (χ0n) is 14.5. The van der Waals surface area contributed by atoms with Crippen molar-refractivity contribution < 1.29 is 9.90 Å². The molecule has 2 heteroatoms. The Morgan fingerprint density at radius 1 is 1.18 bits per heavy atom. The summed E-state index contributed by atoms with van der Waals surface area (Å²) >= 11 is 0. The van der Waals surface area contributed by atoms with E-state index in [2.05, 4.69) is 34.6 Å². The summed E-state index contributed by atoms with van der Waals surface area (Å²) in [7, 11) is 0. The summed E-state index contributed by atoms with van der Waals surface area (Å²) in [5, 5.41) is 10.3. The molecule has 3 rings (SSSR count). The summed E-state index contributed by atoms with van der Waals surface area (Å²) in [5.74, 6) is 1.46. The van der Waals surface area contributed by atoms with E-state index in [1.807, 2.05) is 6.07 Å². The average molecular weight is 300 g/mol. The third-order valence-corrected chi connectivity index (χ3v) is 6.37. The van der Waals surface area contributed by atoms with Gasteiger partial charge in [0.15, 0.2) is 0 Å². The molecule has 0 radical (unpaired) electrons. The Bertz CT molecular complexity index is 627. The van der Waals surface area contributed by atoms with Crippen LogP contribution in [0.1, 0.15) is 76.5 Å². The molecule has 0 aromatic heterocycles. The highest BCUT2D eigenvalue weighted by Crippen LogP contribution is 2.56. The van der Waals surface area contributed by atoms with E-state index in [1.54, 1.807) is 6.07 Å². The number of phenols is 1. The van der Waals surface area contributed by atoms with Gasteiger partial charge in [-0.2, -0.15) is 0 Å². The van der Waals surface area contributed by atoms with E-state index >= 15 is 0 Å². The molecule has 0 saturated heterocycles. The number of carbonyl (C=O) groups excluding carboxylic acids is 1. The monoisotopic (exact) mass is 300 g/mol. The average Bonchev–Trinajstić information content (AvgIpc) is 2.42. The molecule has 1 fully saturated rings. The molecule has 0 unspecified atom stereocenters. The highest BCUT2D eigenvalue weighted by atomic mass is 16.3. The molecule has 22 heavy (non-hydrogen) atoms. The Balaban J connectivity index is 2.24. The van der Waals surface area contributed by atoms with Crippen molar-refractivity contribution in [1.29, 1.82) is 0 Å². The van der Waals surface area contributed by atoms with Crippen molar-refractivity contribution in [2.24, 2.45) is 11.3 Å². The normalized spacial score (nSPS) is 30.1. The summed E-state index contributed by atoms with van der Waals surface area (Å²) in [6.45, 7) is 11.0. The van der Waals surface area contributed by atoms with Gasteiger partial charge in [0.05, 0.1) is 5.41 Å². The Labute approximate surface area is 133 Å². The van der Waals surface area contributed by atoms with Crippen LogP contribution in [-0.4, -0.2) is 10.9 Å². The number of Topliss-reactive ketones (excluding diaryl/α,β-unsaturated/α-hetero) is 1. The molecule has 0 aliphatic heterocycles. The van der Waals surface area contributed by atoms with Gasteiger partial charge in [-0.05, 0) is 66.2 Å². The fourth-order valence-corrected chi connectivity index (χ4v) is 5.20. The molecule has 1 saturated carbocycles. The highest BCUT2D eigenvalue weighted by Gasteiger charge is 2.54. The lowest BCUT2D eigenvalue weighted by molar-refractivity contribution is -0.134. The minimum Gasteiger partial charge on any atom is -0.508 e. The SMILES string of the molecule is CC(C)c1c(O)ccc2c1CC[C@H]1C(C)(C)CCC(=O)[C@]21C. The van der Waals surface area contributed by atoms with Gasteiger partial charge in [0.25, 0.3) is 0 Å². The number of benzene rings is 1. The van der Waals surface area contributed by atoms with Crippen LogP contribution in [0.4, 0.5) is 0 Å². The van der Waals surface area contributed by atoms with Crippen LogP contribution in [0.15, 0.2) is 12.1 Å². The molecule has 2 atom stereocenters. The van der Waals surface area contributed by atoms with Gasteiger partial charge in [0, 0.05) is 6.42 Å². The first-order valence-electron chi connectivity index (χ1n) is 8.58. The second kappa shape index (κ2) is 4.84. The van der Waals surface area contributed by atoms with Crippen LogP contribution >= 0.6 is 0 Å². The number of rotatable bonds is 1. The first-order chi connectivity index (χ1) is 10.2. The van der Waals surface area contributed by atoms with Crippen LogP contribution < -0.4 is 0 Å². The van der Waals surface area contributed by atoms with Crippen molar-refractivity contribution in [1.82, 2.24) is 0 Å². The third-order valence-electron chi connectivity index (χ3n) is 6.37. The van der Waals surface area contributed by atoms with E-state index in [0.717, 1.165) is 24.8 Å². The fourth-order valence-electron chi connectivity index (χ4n) is 5.20. The molecule has 1 aromatic carbocycles. The van der Waals surface area contributed by atoms with Crippen LogP contribution in [0.2, 0.25) is 0 Å². The predicted molar refractivity (Wildman–Crippen MR) is 89.4 cm³/mol. The maximum Gasteiger partial charge on any atom is 0.143 e. The predicted octanol–water partition coefficient (Wildman–Crippen LogP) is 4.72. The third kappa shape index (κ3) is 1.96. The minimum atomic E-state index is -0.382. The Kier molecular flexibility index (Phi) is 3.43. The lowest BCUT2D eigenvalue weighted by Gasteiger charge is -2.53. The maximum atomic E-state index is 12.9. The molecule has 2 aliphatic rings. The van der Waals surface area contributed by atoms with Crippen molar-refractivity contribution in [2.45, 2.75) is 71.6 Å². The molecule has 0 spiro atoms. The van der Waals surface area contributed by atoms with E-state index in [-0.39, 0.29) is 16.7 Å². The quantitative estimate of drug-likeness (QED) is 0.814. The second-order valence-electron chi connectivity index (χ2n) is 8.38. The van der Waals surface area contributed by atoms with Crippen LogP contribution in [0.5, 0.6) is 5.75 Å². The van der Waals surface area contributed by atoms with Crippen LogP contribution in [0, 0.1) is 11.3 Å². The van der Waals surface area contributed by atoms with E-state index in [1.165, 1.54) is 11.1 Å². The zero-order chi connectivity index (χ0) is 16.3. The van der Waals surface area contributed by atoms with Crippen molar-refractivity contribution in [3.05, 3.63) is 28.8 Å². The number of aromatic hydroxyl groups is 1. The molecule has 0 amide bonds. The number of ketones is 1. The standard InChI is InChI=1S/C20H28O2/c1-12(2)18-13-6-9-16-19(3,4)11-10-17(22)20(16,5)14(13)7-8-15(18)21/h7-8,12,16,21H,6,9-11H2,1-5H3/t16-,20+/m0/s1. The number of carbonyl (C=O) groups is 1. The van der Waals surface area contributed by atoms with Gasteiger partial charge in [0.2, 0.25) is 0 Å². The van der Waals surface area contributed by atoms with Crippen LogP contribution in [0.3, 0.4) is 0 Å². The molecular formula is C20H28O2. The molecule has 0 heterocycles. The van der Waals surface area contributed by atoms with Crippen LogP contribution in [-0.2, 0) is 16.6 Å². The molecule has 2 nitrogen and oxygen atoms in total. The molecular weight excluding hydrogens is 272 g/mol. The van der Waals surface area contributed by atoms with E-state index in [9.17, 15) is 9.90 Å². The smallest absolute Gasteiger partial charge is 0.143 e. The molecule has 120 valence electrons. The van der Waals surface area contributed by atoms with Crippen LogP contribution in [0.25, 0.3) is 0 Å². The first kappa shape index (κ1) is 15.6. The Morgan fingerprint density at radius 3 is 2.50 bits per heavy atom. The van der Waals surface area contributed by atoms with Gasteiger partial charge in [-0.15, -0.1) is 0 Å². The van der Waals surface area contributed by atoms with Gasteiger partial charge in [-0.1, -0.05) is 33.8 Å². The Hall–Kier alpha value is -1.31. The Morgan fingerprint density at radius 2 is 1.86 bits per heavy atom. The zero-order valence-corrected chi connectivity index (χ0v) is 14.5. The number of phenolic OH excluding ortho intramolecular Hbond substituents is 1. The summed E-state index contributed by atoms with van der Waals surface area (Å²) < 4.78 is 0. The largest absolute Gasteiger partial charge is 0.508 e. The molecule has 1 N–H and O–H groups in total. The lowest BCUT2D eigenvalue weighted by Crippen LogP contribution is -2.53. The minimum absolute atomic E-state index is 0.205. The van der Waals surface area contributed by atoms with E-state index < -0.39 is 0 Å². The number of fused-ring (bicyclic) bond motifs is 3. The maximum absolute atomic E-state index is 12.9.